The first-order valence-electron chi connectivity index (χ1n) is 13.4. The number of imidazole rings is 1. The molecule has 2 atom stereocenters. The van der Waals surface area contributed by atoms with E-state index in [0.717, 1.165) is 40.4 Å². The Kier molecular flexibility index (Phi) is 7.39. The number of rotatable bonds is 9. The number of methoxy groups -OCH3 is 1. The van der Waals surface area contributed by atoms with E-state index in [2.05, 4.69) is 21.4 Å². The molecular weight excluding hydrogens is 514 g/mol. The fourth-order valence-electron chi connectivity index (χ4n) is 4.72. The van der Waals surface area contributed by atoms with Crippen LogP contribution in [0.3, 0.4) is 0 Å². The zero-order valence-corrected chi connectivity index (χ0v) is 24.5. The van der Waals surface area contributed by atoms with Crippen molar-refractivity contribution >= 4 is 34.0 Å². The molecule has 0 bridgehead atoms. The zero-order chi connectivity index (χ0) is 28.1. The molecule has 10 heteroatoms. The molecule has 5 rings (SSSR count). The molecule has 0 aliphatic heterocycles. The smallest absolute Gasteiger partial charge is 0.338 e. The van der Waals surface area contributed by atoms with Crippen LogP contribution in [-0.4, -0.2) is 47.9 Å². The molecule has 9 nitrogen and oxygen atoms in total. The third kappa shape index (κ3) is 5.37. The summed E-state index contributed by atoms with van der Waals surface area (Å²) in [6.45, 7) is 12.8. The Balaban J connectivity index is 1.62. The van der Waals surface area contributed by atoms with Gasteiger partial charge in [-0.15, -0.1) is 4.72 Å². The second-order valence-corrected chi connectivity index (χ2v) is 13.2. The van der Waals surface area contributed by atoms with Gasteiger partial charge in [0.05, 0.1) is 42.4 Å². The molecule has 4 aromatic heterocycles. The van der Waals surface area contributed by atoms with Gasteiger partial charge in [-0.2, -0.15) is 0 Å². The monoisotopic (exact) mass is 551 g/mol. The van der Waals surface area contributed by atoms with Crippen LogP contribution in [0.25, 0.3) is 28.1 Å². The maximum atomic E-state index is 12.7. The van der Waals surface area contributed by atoms with Crippen molar-refractivity contribution in [2.75, 3.05) is 13.7 Å². The number of hydrogen-bond donors (Lipinski definition) is 1. The molecule has 0 aromatic carbocycles. The molecule has 0 spiro atoms. The number of carbonyl (C=O) groups excluding carboxylic acids is 1. The van der Waals surface area contributed by atoms with Crippen LogP contribution < -0.4 is 9.46 Å². The van der Waals surface area contributed by atoms with Crippen LogP contribution in [-0.2, 0) is 22.6 Å². The van der Waals surface area contributed by atoms with E-state index >= 15 is 0 Å². The van der Waals surface area contributed by atoms with Crippen LogP contribution in [0.15, 0.2) is 30.3 Å². The van der Waals surface area contributed by atoms with Crippen molar-refractivity contribution < 1.29 is 18.8 Å². The highest BCUT2D eigenvalue weighted by molar-refractivity contribution is 7.90. The second kappa shape index (κ2) is 10.5. The van der Waals surface area contributed by atoms with Gasteiger partial charge in [-0.3, -0.25) is 4.40 Å². The highest BCUT2D eigenvalue weighted by Gasteiger charge is 2.30. The number of esters is 1. The molecular formula is C29H37N5O4S. The lowest BCUT2D eigenvalue weighted by Crippen LogP contribution is -2.40. The molecule has 1 aliphatic rings. The van der Waals surface area contributed by atoms with Gasteiger partial charge in [-0.05, 0) is 84.6 Å². The lowest BCUT2D eigenvalue weighted by Gasteiger charge is -2.26. The van der Waals surface area contributed by atoms with Crippen molar-refractivity contribution in [1.82, 2.24) is 23.7 Å². The molecule has 1 N–H and O–H groups in total. The highest BCUT2D eigenvalue weighted by Crippen LogP contribution is 2.37. The number of aryl methyl sites for hydroxylation is 1. The van der Waals surface area contributed by atoms with Gasteiger partial charge in [0.15, 0.2) is 5.88 Å². The van der Waals surface area contributed by atoms with Gasteiger partial charge in [0, 0.05) is 29.4 Å². The zero-order valence-electron chi connectivity index (χ0n) is 23.7. The summed E-state index contributed by atoms with van der Waals surface area (Å²) in [7, 11) is 1.58. The van der Waals surface area contributed by atoms with Crippen LogP contribution in [0.5, 0.6) is 5.88 Å². The Labute approximate surface area is 232 Å². The van der Waals surface area contributed by atoms with E-state index in [1.807, 2.05) is 45.1 Å². The fraction of sp³-hybridized carbons (Fsp3) is 0.483. The molecule has 4 aromatic rings. The first kappa shape index (κ1) is 27.5. The number of nitrogens with zero attached hydrogens (tertiary/aromatic N) is 4. The predicted molar refractivity (Wildman–Crippen MR) is 153 cm³/mol. The summed E-state index contributed by atoms with van der Waals surface area (Å²) in [6, 6.07) is 9.46. The van der Waals surface area contributed by atoms with Gasteiger partial charge >= 0.3 is 5.97 Å². The molecule has 1 fully saturated rings. The third-order valence-electron chi connectivity index (χ3n) is 7.07. The lowest BCUT2D eigenvalue weighted by atomic mass is 10.2. The highest BCUT2D eigenvalue weighted by atomic mass is 32.2. The van der Waals surface area contributed by atoms with Crippen molar-refractivity contribution in [3.05, 3.63) is 47.3 Å². The van der Waals surface area contributed by atoms with Crippen molar-refractivity contribution in [3.8, 4) is 17.3 Å². The Morgan fingerprint density at radius 1 is 1.23 bits per heavy atom. The number of carbonyl (C=O) groups is 1. The van der Waals surface area contributed by atoms with Crippen molar-refractivity contribution in [3.63, 3.8) is 0 Å². The second-order valence-electron chi connectivity index (χ2n) is 11.2. The van der Waals surface area contributed by atoms with Crippen molar-refractivity contribution in [2.45, 2.75) is 71.7 Å². The van der Waals surface area contributed by atoms with Gasteiger partial charge in [-0.1, -0.05) is 0 Å². The van der Waals surface area contributed by atoms with Gasteiger partial charge in [0.2, 0.25) is 0 Å². The minimum absolute atomic E-state index is 0.176. The van der Waals surface area contributed by atoms with Gasteiger partial charge in [0.1, 0.15) is 21.7 Å². The average molecular weight is 552 g/mol. The summed E-state index contributed by atoms with van der Waals surface area (Å²) in [6.07, 6.45) is 2.39. The minimum atomic E-state index is -1.21. The molecule has 1 saturated carbocycles. The Bertz CT molecular complexity index is 1530. The van der Waals surface area contributed by atoms with E-state index in [1.165, 1.54) is 12.8 Å². The summed E-state index contributed by atoms with van der Waals surface area (Å²) in [5.41, 5.74) is 5.44. The van der Waals surface area contributed by atoms with E-state index in [-0.39, 0.29) is 10.8 Å². The van der Waals surface area contributed by atoms with Crippen LogP contribution in [0.1, 0.15) is 75.2 Å². The molecule has 4 heterocycles. The summed E-state index contributed by atoms with van der Waals surface area (Å²) >= 11 is -1.21. The Morgan fingerprint density at radius 3 is 2.62 bits per heavy atom. The van der Waals surface area contributed by atoms with Gasteiger partial charge in [-0.25, -0.2) is 14.8 Å². The maximum absolute atomic E-state index is 12.7. The summed E-state index contributed by atoms with van der Waals surface area (Å²) in [5, 5.41) is 1.02. The van der Waals surface area contributed by atoms with Crippen LogP contribution in [0, 0.1) is 12.8 Å². The number of ether oxygens (including phenoxy) is 2. The number of fused-ring (bicyclic) bond motifs is 2. The lowest BCUT2D eigenvalue weighted by molar-refractivity contribution is 0.0526. The van der Waals surface area contributed by atoms with Gasteiger partial charge < -0.3 is 18.6 Å². The Morgan fingerprint density at radius 2 is 1.97 bits per heavy atom. The normalized spacial score (nSPS) is 15.6. The Hall–Kier alpha value is -3.08. The first-order chi connectivity index (χ1) is 18.5. The van der Waals surface area contributed by atoms with Crippen molar-refractivity contribution in [2.24, 2.45) is 5.92 Å². The molecule has 0 saturated heterocycles. The molecule has 208 valence electrons. The quantitative estimate of drug-likeness (QED) is 0.220. The number of aromatic nitrogens is 4. The van der Waals surface area contributed by atoms with Crippen LogP contribution in [0.4, 0.5) is 0 Å². The minimum Gasteiger partial charge on any atom is -0.598 e. The fourth-order valence-corrected chi connectivity index (χ4v) is 5.52. The van der Waals surface area contributed by atoms with Gasteiger partial charge in [0.25, 0.3) is 0 Å². The SMILES string of the molecule is CCOC(=O)c1cc(OC)n2c(C)c(-c3cc4ccc([C@@H](C)N[S+]([O-])C(C)(C)C)nc4n3CC3CC3)nc2c1. The van der Waals surface area contributed by atoms with E-state index in [9.17, 15) is 9.35 Å². The number of hydrogen-bond acceptors (Lipinski definition) is 7. The molecule has 39 heavy (non-hydrogen) atoms. The van der Waals surface area contributed by atoms with Crippen molar-refractivity contribution in [1.29, 1.82) is 0 Å². The van der Waals surface area contributed by atoms with E-state index in [0.29, 0.717) is 29.6 Å². The number of nitrogens with one attached hydrogen (secondary N) is 1. The summed E-state index contributed by atoms with van der Waals surface area (Å²) < 4.78 is 30.6. The largest absolute Gasteiger partial charge is 0.598 e. The topological polar surface area (TPSA) is 106 Å². The maximum Gasteiger partial charge on any atom is 0.338 e. The van der Waals surface area contributed by atoms with E-state index in [1.54, 1.807) is 26.2 Å². The number of pyridine rings is 2. The summed E-state index contributed by atoms with van der Waals surface area (Å²) in [4.78, 5) is 22.5. The molecule has 1 unspecified atom stereocenters. The third-order valence-corrected chi connectivity index (χ3v) is 8.75. The van der Waals surface area contributed by atoms with E-state index in [4.69, 9.17) is 19.4 Å². The standard InChI is InChI=1S/C29H37N5O4S/c1-8-38-28(35)21-14-24-31-26(18(3)34(24)25(15-21)37-7)23-13-20-11-12-22(17(2)32-39(36)29(4,5)6)30-27(20)33(23)16-19-9-10-19/h11-15,17,19,32H,8-10,16H2,1-7H3/t17-,39?/m1/s1. The van der Waals surface area contributed by atoms with Crippen LogP contribution in [0.2, 0.25) is 0 Å². The predicted octanol–water partition coefficient (Wildman–Crippen LogP) is 5.37. The first-order valence-corrected chi connectivity index (χ1v) is 14.6. The van der Waals surface area contributed by atoms with E-state index < -0.39 is 17.3 Å². The molecule has 1 aliphatic carbocycles. The summed E-state index contributed by atoms with van der Waals surface area (Å²) in [5.74, 6) is 0.718. The molecule has 0 radical (unpaired) electrons. The average Bonchev–Trinajstić information content (AvgIpc) is 3.56. The molecule has 0 amide bonds. The van der Waals surface area contributed by atoms with Crippen LogP contribution >= 0.6 is 0 Å².